The minimum Gasteiger partial charge on any atom is -0.306 e. The SMILES string of the molecule is O=C(Cc1cccc(F)c1)c1cc2[nH]c(=O)[nH]c2cc1Br. The van der Waals surface area contributed by atoms with Crippen molar-refractivity contribution in [3.63, 3.8) is 0 Å². The van der Waals surface area contributed by atoms with Gasteiger partial charge in [-0.3, -0.25) is 4.79 Å². The van der Waals surface area contributed by atoms with Crippen LogP contribution in [-0.4, -0.2) is 15.8 Å². The van der Waals surface area contributed by atoms with E-state index in [-0.39, 0.29) is 23.7 Å². The van der Waals surface area contributed by atoms with E-state index in [2.05, 4.69) is 25.9 Å². The summed E-state index contributed by atoms with van der Waals surface area (Å²) in [6.45, 7) is 0. The fourth-order valence-corrected chi connectivity index (χ4v) is 2.76. The molecule has 1 aromatic heterocycles. The summed E-state index contributed by atoms with van der Waals surface area (Å²) in [6.07, 6.45) is 0.0938. The average molecular weight is 349 g/mol. The molecule has 0 unspecified atom stereocenters. The number of aromatic amines is 2. The molecule has 0 bridgehead atoms. The molecule has 2 aromatic carbocycles. The van der Waals surface area contributed by atoms with E-state index in [4.69, 9.17) is 0 Å². The first-order valence-electron chi connectivity index (χ1n) is 6.22. The third-order valence-electron chi connectivity index (χ3n) is 3.16. The van der Waals surface area contributed by atoms with Crippen molar-refractivity contribution in [3.8, 4) is 0 Å². The zero-order valence-electron chi connectivity index (χ0n) is 10.7. The van der Waals surface area contributed by atoms with Gasteiger partial charge in [0.2, 0.25) is 0 Å². The number of imidazole rings is 1. The van der Waals surface area contributed by atoms with Gasteiger partial charge in [0.05, 0.1) is 11.0 Å². The molecule has 21 heavy (non-hydrogen) atoms. The molecule has 4 nitrogen and oxygen atoms in total. The van der Waals surface area contributed by atoms with Crippen LogP contribution >= 0.6 is 15.9 Å². The maximum absolute atomic E-state index is 13.1. The van der Waals surface area contributed by atoms with Gasteiger partial charge in [0.1, 0.15) is 5.82 Å². The number of fused-ring (bicyclic) bond motifs is 1. The Hall–Kier alpha value is -2.21. The second-order valence-corrected chi connectivity index (χ2v) is 5.54. The van der Waals surface area contributed by atoms with Crippen LogP contribution in [0.2, 0.25) is 0 Å². The molecule has 3 aromatic rings. The first-order chi connectivity index (χ1) is 10.0. The van der Waals surface area contributed by atoms with Crippen molar-refractivity contribution in [2.24, 2.45) is 0 Å². The van der Waals surface area contributed by atoms with Crippen molar-refractivity contribution in [1.29, 1.82) is 0 Å². The lowest BCUT2D eigenvalue weighted by molar-refractivity contribution is 0.0992. The minimum atomic E-state index is -0.371. The summed E-state index contributed by atoms with van der Waals surface area (Å²) >= 11 is 3.32. The molecule has 1 heterocycles. The predicted octanol–water partition coefficient (Wildman–Crippen LogP) is 3.18. The number of rotatable bonds is 3. The molecule has 0 aliphatic rings. The summed E-state index contributed by atoms with van der Waals surface area (Å²) in [5.41, 5.74) is 1.91. The highest BCUT2D eigenvalue weighted by Crippen LogP contribution is 2.23. The van der Waals surface area contributed by atoms with Crippen molar-refractivity contribution in [2.45, 2.75) is 6.42 Å². The molecule has 106 valence electrons. The topological polar surface area (TPSA) is 65.7 Å². The zero-order chi connectivity index (χ0) is 15.0. The van der Waals surface area contributed by atoms with E-state index in [9.17, 15) is 14.0 Å². The van der Waals surface area contributed by atoms with Crippen LogP contribution in [0.5, 0.6) is 0 Å². The highest BCUT2D eigenvalue weighted by Gasteiger charge is 2.13. The van der Waals surface area contributed by atoms with E-state index in [1.807, 2.05) is 0 Å². The van der Waals surface area contributed by atoms with E-state index in [0.717, 1.165) is 0 Å². The Kier molecular flexibility index (Phi) is 3.47. The van der Waals surface area contributed by atoms with Crippen LogP contribution in [0.25, 0.3) is 11.0 Å². The van der Waals surface area contributed by atoms with Crippen LogP contribution in [0.1, 0.15) is 15.9 Å². The lowest BCUT2D eigenvalue weighted by Crippen LogP contribution is -2.05. The molecule has 0 amide bonds. The number of hydrogen-bond donors (Lipinski definition) is 2. The summed E-state index contributed by atoms with van der Waals surface area (Å²) < 4.78 is 13.7. The zero-order valence-corrected chi connectivity index (χ0v) is 12.3. The van der Waals surface area contributed by atoms with Gasteiger partial charge in [-0.15, -0.1) is 0 Å². The van der Waals surface area contributed by atoms with Gasteiger partial charge < -0.3 is 9.97 Å². The third kappa shape index (κ3) is 2.80. The van der Waals surface area contributed by atoms with E-state index < -0.39 is 0 Å². The van der Waals surface area contributed by atoms with Crippen molar-refractivity contribution < 1.29 is 9.18 Å². The van der Waals surface area contributed by atoms with Crippen molar-refractivity contribution in [3.05, 3.63) is 68.3 Å². The van der Waals surface area contributed by atoms with Crippen LogP contribution in [0.15, 0.2) is 45.7 Å². The second kappa shape index (κ2) is 5.29. The van der Waals surface area contributed by atoms with Gasteiger partial charge in [-0.1, -0.05) is 12.1 Å². The maximum atomic E-state index is 13.1. The highest BCUT2D eigenvalue weighted by molar-refractivity contribution is 9.10. The van der Waals surface area contributed by atoms with E-state index >= 15 is 0 Å². The van der Waals surface area contributed by atoms with Crippen LogP contribution < -0.4 is 5.69 Å². The number of Topliss-reactive ketones (excluding diaryl/α,β-unsaturated/α-hetero) is 1. The van der Waals surface area contributed by atoms with E-state index in [0.29, 0.717) is 26.6 Å². The molecule has 0 fully saturated rings. The molecule has 0 aliphatic heterocycles. The standard InChI is InChI=1S/C15H10BrFN2O2/c16-11-7-13-12(18-15(21)19-13)6-10(11)14(20)5-8-2-1-3-9(17)4-8/h1-4,6-7H,5H2,(H2,18,19,21). The van der Waals surface area contributed by atoms with Crippen LogP contribution in [-0.2, 0) is 6.42 Å². The van der Waals surface area contributed by atoms with Gasteiger partial charge >= 0.3 is 5.69 Å². The number of hydrogen-bond acceptors (Lipinski definition) is 2. The number of benzene rings is 2. The number of carbonyl (C=O) groups is 1. The molecule has 0 saturated heterocycles. The molecule has 0 atom stereocenters. The van der Waals surface area contributed by atoms with Gasteiger partial charge in [-0.2, -0.15) is 0 Å². The van der Waals surface area contributed by atoms with Gasteiger partial charge in [-0.25, -0.2) is 9.18 Å². The Balaban J connectivity index is 1.97. The van der Waals surface area contributed by atoms with Gasteiger partial charge in [0.15, 0.2) is 5.78 Å². The predicted molar refractivity (Wildman–Crippen MR) is 81.1 cm³/mol. The largest absolute Gasteiger partial charge is 0.323 e. The Morgan fingerprint density at radius 2 is 1.86 bits per heavy atom. The smallest absolute Gasteiger partial charge is 0.306 e. The maximum Gasteiger partial charge on any atom is 0.323 e. The number of H-pyrrole nitrogens is 2. The van der Waals surface area contributed by atoms with Gasteiger partial charge in [-0.05, 0) is 45.8 Å². The van der Waals surface area contributed by atoms with Gasteiger partial charge in [0, 0.05) is 16.5 Å². The Morgan fingerprint density at radius 1 is 1.14 bits per heavy atom. The number of ketones is 1. The molecule has 0 spiro atoms. The number of aromatic nitrogens is 2. The normalized spacial score (nSPS) is 11.0. The van der Waals surface area contributed by atoms with Crippen molar-refractivity contribution in [1.82, 2.24) is 9.97 Å². The minimum absolute atomic E-state index is 0.0938. The Bertz CT molecular complexity index is 898. The molecular weight excluding hydrogens is 339 g/mol. The van der Waals surface area contributed by atoms with Crippen molar-refractivity contribution >= 4 is 32.7 Å². The summed E-state index contributed by atoms with van der Waals surface area (Å²) in [4.78, 5) is 28.8. The first kappa shape index (κ1) is 13.8. The molecule has 3 rings (SSSR count). The highest BCUT2D eigenvalue weighted by atomic mass is 79.9. The Morgan fingerprint density at radius 3 is 2.57 bits per heavy atom. The lowest BCUT2D eigenvalue weighted by atomic mass is 10.0. The molecule has 0 aliphatic carbocycles. The second-order valence-electron chi connectivity index (χ2n) is 4.69. The summed E-state index contributed by atoms with van der Waals surface area (Å²) in [5.74, 6) is -0.527. The summed E-state index contributed by atoms with van der Waals surface area (Å²) in [6, 6.07) is 9.22. The van der Waals surface area contributed by atoms with Crippen molar-refractivity contribution in [2.75, 3.05) is 0 Å². The number of carbonyl (C=O) groups excluding carboxylic acids is 1. The van der Waals surface area contributed by atoms with Crippen LogP contribution in [0.3, 0.4) is 0 Å². The fourth-order valence-electron chi connectivity index (χ4n) is 2.20. The quantitative estimate of drug-likeness (QED) is 0.714. The first-order valence-corrected chi connectivity index (χ1v) is 7.01. The summed E-state index contributed by atoms with van der Waals surface area (Å²) in [5, 5.41) is 0. The van der Waals surface area contributed by atoms with Crippen LogP contribution in [0.4, 0.5) is 4.39 Å². The molecular formula is C15H10BrFN2O2. The number of halogens is 2. The fraction of sp³-hybridized carbons (Fsp3) is 0.0667. The van der Waals surface area contributed by atoms with Crippen LogP contribution in [0, 0.1) is 5.82 Å². The molecule has 6 heteroatoms. The average Bonchev–Trinajstić information content (AvgIpc) is 2.76. The molecule has 2 N–H and O–H groups in total. The lowest BCUT2D eigenvalue weighted by Gasteiger charge is -2.05. The van der Waals surface area contributed by atoms with Gasteiger partial charge in [0.25, 0.3) is 0 Å². The summed E-state index contributed by atoms with van der Waals surface area (Å²) in [7, 11) is 0. The Labute approximate surface area is 127 Å². The molecule has 0 saturated carbocycles. The number of nitrogens with one attached hydrogen (secondary N) is 2. The van der Waals surface area contributed by atoms with E-state index in [1.54, 1.807) is 24.3 Å². The monoisotopic (exact) mass is 348 g/mol. The molecule has 0 radical (unpaired) electrons. The van der Waals surface area contributed by atoms with E-state index in [1.165, 1.54) is 12.1 Å². The third-order valence-corrected chi connectivity index (χ3v) is 3.81.